The molecule has 0 radical (unpaired) electrons. The first-order valence-corrected chi connectivity index (χ1v) is 7.43. The van der Waals surface area contributed by atoms with Gasteiger partial charge in [0.2, 0.25) is 0 Å². The average Bonchev–Trinajstić information content (AvgIpc) is 3.00. The summed E-state index contributed by atoms with van der Waals surface area (Å²) in [6, 6.07) is 5.52. The third-order valence-corrected chi connectivity index (χ3v) is 3.52. The van der Waals surface area contributed by atoms with Gasteiger partial charge in [-0.3, -0.25) is 4.79 Å². The number of carbonyl (C=O) groups excluding carboxylic acids is 2. The van der Waals surface area contributed by atoms with Crippen molar-refractivity contribution in [3.05, 3.63) is 30.1 Å². The van der Waals surface area contributed by atoms with E-state index in [1.807, 2.05) is 0 Å². The van der Waals surface area contributed by atoms with Crippen LogP contribution < -0.4 is 10.1 Å². The molecule has 0 bridgehead atoms. The predicted molar refractivity (Wildman–Crippen MR) is 77.8 cm³/mol. The average molecular weight is 309 g/mol. The Balaban J connectivity index is 1.71. The number of carbonyl (C=O) groups is 2. The summed E-state index contributed by atoms with van der Waals surface area (Å²) in [6.07, 6.45) is 3.32. The largest absolute Gasteiger partial charge is 0.479 e. The Kier molecular flexibility index (Phi) is 5.75. The van der Waals surface area contributed by atoms with Crippen LogP contribution in [0.25, 0.3) is 0 Å². The van der Waals surface area contributed by atoms with E-state index in [1.54, 1.807) is 0 Å². The third-order valence-electron chi connectivity index (χ3n) is 3.52. The first kappa shape index (κ1) is 16.3. The van der Waals surface area contributed by atoms with Crippen molar-refractivity contribution < 1.29 is 23.5 Å². The maximum absolute atomic E-state index is 12.8. The molecule has 5 nitrogen and oxygen atoms in total. The molecule has 0 heterocycles. The zero-order chi connectivity index (χ0) is 15.9. The minimum atomic E-state index is -0.871. The molecule has 1 amide bonds. The fourth-order valence-corrected chi connectivity index (χ4v) is 2.36. The summed E-state index contributed by atoms with van der Waals surface area (Å²) in [7, 11) is 0. The van der Waals surface area contributed by atoms with E-state index in [1.165, 1.54) is 31.2 Å². The number of rotatable bonds is 6. The van der Waals surface area contributed by atoms with Gasteiger partial charge in [-0.05, 0) is 44.0 Å². The fraction of sp³-hybridized carbons (Fsp3) is 0.500. The van der Waals surface area contributed by atoms with Gasteiger partial charge in [0.15, 0.2) is 12.7 Å². The summed E-state index contributed by atoms with van der Waals surface area (Å²) in [6.45, 7) is 1.20. The lowest BCUT2D eigenvalue weighted by atomic mass is 10.2. The Bertz CT molecular complexity index is 511. The third kappa shape index (κ3) is 5.02. The molecule has 22 heavy (non-hydrogen) atoms. The second-order valence-electron chi connectivity index (χ2n) is 5.37. The molecule has 1 atom stereocenters. The van der Waals surface area contributed by atoms with Crippen LogP contribution in [0.2, 0.25) is 0 Å². The molecule has 0 unspecified atom stereocenters. The smallest absolute Gasteiger partial charge is 0.347 e. The van der Waals surface area contributed by atoms with Gasteiger partial charge in [-0.1, -0.05) is 12.8 Å². The van der Waals surface area contributed by atoms with E-state index in [4.69, 9.17) is 9.47 Å². The Labute approximate surface area is 128 Å². The molecule has 2 rings (SSSR count). The molecule has 0 aromatic heterocycles. The fourth-order valence-electron chi connectivity index (χ4n) is 2.36. The quantitative estimate of drug-likeness (QED) is 0.818. The zero-order valence-electron chi connectivity index (χ0n) is 12.5. The van der Waals surface area contributed by atoms with Crippen molar-refractivity contribution in [3.8, 4) is 5.75 Å². The van der Waals surface area contributed by atoms with Crippen LogP contribution >= 0.6 is 0 Å². The standard InChI is InChI=1S/C16H20FNO4/c1-11(22-14-8-6-12(17)7-9-14)16(20)21-10-15(19)18-13-4-2-3-5-13/h6-9,11,13H,2-5,10H2,1H3,(H,18,19)/t11-/m0/s1. The number of esters is 1. The number of benzene rings is 1. The lowest BCUT2D eigenvalue weighted by molar-refractivity contribution is -0.154. The number of hydrogen-bond donors (Lipinski definition) is 1. The van der Waals surface area contributed by atoms with Crippen LogP contribution in [-0.4, -0.2) is 30.6 Å². The first-order valence-electron chi connectivity index (χ1n) is 7.43. The second kappa shape index (κ2) is 7.77. The predicted octanol–water partition coefficient (Wildman–Crippen LogP) is 2.19. The number of nitrogens with one attached hydrogen (secondary N) is 1. The minimum absolute atomic E-state index is 0.194. The van der Waals surface area contributed by atoms with Gasteiger partial charge < -0.3 is 14.8 Å². The lowest BCUT2D eigenvalue weighted by Gasteiger charge is -2.15. The molecular formula is C16H20FNO4. The highest BCUT2D eigenvalue weighted by Gasteiger charge is 2.20. The molecule has 1 saturated carbocycles. The van der Waals surface area contributed by atoms with Crippen LogP contribution in [0, 0.1) is 5.82 Å². The molecule has 1 aromatic carbocycles. The van der Waals surface area contributed by atoms with E-state index in [9.17, 15) is 14.0 Å². The summed E-state index contributed by atoms with van der Waals surface area (Å²) in [5.41, 5.74) is 0. The molecule has 1 aliphatic carbocycles. The topological polar surface area (TPSA) is 64.6 Å². The number of ether oxygens (including phenoxy) is 2. The molecule has 120 valence electrons. The molecule has 1 aliphatic rings. The van der Waals surface area contributed by atoms with E-state index in [-0.39, 0.29) is 24.4 Å². The maximum atomic E-state index is 12.8. The highest BCUT2D eigenvalue weighted by atomic mass is 19.1. The van der Waals surface area contributed by atoms with Crippen LogP contribution in [0.4, 0.5) is 4.39 Å². The van der Waals surface area contributed by atoms with Crippen LogP contribution in [0.5, 0.6) is 5.75 Å². The summed E-state index contributed by atoms with van der Waals surface area (Å²) in [5, 5.41) is 2.83. The van der Waals surface area contributed by atoms with Crippen molar-refractivity contribution in [3.63, 3.8) is 0 Å². The van der Waals surface area contributed by atoms with Crippen LogP contribution in [-0.2, 0) is 14.3 Å². The van der Waals surface area contributed by atoms with Gasteiger partial charge >= 0.3 is 5.97 Å². The zero-order valence-corrected chi connectivity index (χ0v) is 12.5. The van der Waals surface area contributed by atoms with Gasteiger partial charge in [-0.25, -0.2) is 9.18 Å². The summed E-state index contributed by atoms with van der Waals surface area (Å²) in [4.78, 5) is 23.4. The molecule has 1 fully saturated rings. The van der Waals surface area contributed by atoms with Crippen molar-refractivity contribution >= 4 is 11.9 Å². The Morgan fingerprint density at radius 3 is 2.55 bits per heavy atom. The molecule has 6 heteroatoms. The molecule has 0 aliphatic heterocycles. The Morgan fingerprint density at radius 1 is 1.27 bits per heavy atom. The summed E-state index contributed by atoms with van der Waals surface area (Å²) in [5.74, 6) is -0.951. The maximum Gasteiger partial charge on any atom is 0.347 e. The lowest BCUT2D eigenvalue weighted by Crippen LogP contribution is -2.37. The van der Waals surface area contributed by atoms with E-state index >= 15 is 0 Å². The van der Waals surface area contributed by atoms with E-state index in [2.05, 4.69) is 5.32 Å². The Morgan fingerprint density at radius 2 is 1.91 bits per heavy atom. The van der Waals surface area contributed by atoms with Gasteiger partial charge in [0, 0.05) is 6.04 Å². The highest BCUT2D eigenvalue weighted by molar-refractivity contribution is 5.82. The van der Waals surface area contributed by atoms with Gasteiger partial charge in [0.1, 0.15) is 11.6 Å². The van der Waals surface area contributed by atoms with Crippen molar-refractivity contribution in [1.29, 1.82) is 0 Å². The van der Waals surface area contributed by atoms with E-state index in [0.717, 1.165) is 25.7 Å². The second-order valence-corrected chi connectivity index (χ2v) is 5.37. The first-order chi connectivity index (χ1) is 10.5. The van der Waals surface area contributed by atoms with Crippen molar-refractivity contribution in [1.82, 2.24) is 5.32 Å². The number of amides is 1. The SMILES string of the molecule is C[C@H](Oc1ccc(F)cc1)C(=O)OCC(=O)NC1CCCC1. The van der Waals surface area contributed by atoms with Crippen molar-refractivity contribution in [2.45, 2.75) is 44.8 Å². The number of halogens is 1. The normalized spacial score (nSPS) is 16.1. The van der Waals surface area contributed by atoms with Crippen molar-refractivity contribution in [2.75, 3.05) is 6.61 Å². The molecule has 0 saturated heterocycles. The molecule has 1 N–H and O–H groups in total. The van der Waals surface area contributed by atoms with Gasteiger partial charge in [-0.2, -0.15) is 0 Å². The summed E-state index contributed by atoms with van der Waals surface area (Å²) < 4.78 is 23.0. The summed E-state index contributed by atoms with van der Waals surface area (Å²) >= 11 is 0. The van der Waals surface area contributed by atoms with Crippen LogP contribution in [0.3, 0.4) is 0 Å². The van der Waals surface area contributed by atoms with Crippen LogP contribution in [0.15, 0.2) is 24.3 Å². The van der Waals surface area contributed by atoms with Gasteiger partial charge in [0.25, 0.3) is 5.91 Å². The Hall–Kier alpha value is -2.11. The van der Waals surface area contributed by atoms with Crippen molar-refractivity contribution in [2.24, 2.45) is 0 Å². The van der Waals surface area contributed by atoms with Crippen LogP contribution in [0.1, 0.15) is 32.6 Å². The molecular weight excluding hydrogens is 289 g/mol. The monoisotopic (exact) mass is 309 g/mol. The van der Waals surface area contributed by atoms with Gasteiger partial charge in [0.05, 0.1) is 0 Å². The highest BCUT2D eigenvalue weighted by Crippen LogP contribution is 2.17. The van der Waals surface area contributed by atoms with E-state index < -0.39 is 12.1 Å². The van der Waals surface area contributed by atoms with Gasteiger partial charge in [-0.15, -0.1) is 0 Å². The minimum Gasteiger partial charge on any atom is -0.479 e. The number of hydrogen-bond acceptors (Lipinski definition) is 4. The molecule has 1 aromatic rings. The molecule has 0 spiro atoms. The van der Waals surface area contributed by atoms with E-state index in [0.29, 0.717) is 5.75 Å².